The molecular formula is C26H24N4O4. The average Bonchev–Trinajstić information content (AvgIpc) is 3.41. The van der Waals surface area contributed by atoms with Gasteiger partial charge in [0.15, 0.2) is 0 Å². The molecule has 1 atom stereocenters. The maximum atomic E-state index is 12.2. The first-order valence-electron chi connectivity index (χ1n) is 11.2. The number of aliphatic carboxylic acids is 1. The number of nitrogens with zero attached hydrogens (tertiary/aromatic N) is 3. The summed E-state index contributed by atoms with van der Waals surface area (Å²) < 4.78 is 6.31. The summed E-state index contributed by atoms with van der Waals surface area (Å²) in [5, 5.41) is 9.86. The van der Waals surface area contributed by atoms with Crippen molar-refractivity contribution in [1.29, 1.82) is 0 Å². The molecule has 8 nitrogen and oxygen atoms in total. The zero-order valence-electron chi connectivity index (χ0n) is 18.7. The van der Waals surface area contributed by atoms with Crippen LogP contribution in [0.15, 0.2) is 61.1 Å². The summed E-state index contributed by atoms with van der Waals surface area (Å²) in [6.07, 6.45) is 6.78. The van der Waals surface area contributed by atoms with Crippen LogP contribution in [0.2, 0.25) is 0 Å². The zero-order chi connectivity index (χ0) is 23.7. The zero-order valence-corrected chi connectivity index (χ0v) is 18.7. The molecule has 0 aliphatic carbocycles. The molecule has 2 N–H and O–H groups in total. The van der Waals surface area contributed by atoms with E-state index in [2.05, 4.69) is 15.0 Å². The van der Waals surface area contributed by atoms with E-state index in [1.165, 1.54) is 0 Å². The molecule has 2 aromatic heterocycles. The Bertz CT molecular complexity index is 1350. The number of fused-ring (bicyclic) bond motifs is 1. The van der Waals surface area contributed by atoms with E-state index >= 15 is 0 Å². The number of amides is 1. The molecule has 4 aromatic rings. The van der Waals surface area contributed by atoms with E-state index in [-0.39, 0.29) is 18.4 Å². The van der Waals surface area contributed by atoms with Gasteiger partial charge in [0.2, 0.25) is 5.91 Å². The number of aromatic nitrogens is 3. The van der Waals surface area contributed by atoms with E-state index in [1.807, 2.05) is 49.5 Å². The lowest BCUT2D eigenvalue weighted by molar-refractivity contribution is -0.137. The topological polar surface area (TPSA) is 108 Å². The third-order valence-corrected chi connectivity index (χ3v) is 6.22. The van der Waals surface area contributed by atoms with E-state index in [0.29, 0.717) is 24.3 Å². The normalized spacial score (nSPS) is 15.7. The number of ether oxygens (including phenoxy) is 1. The van der Waals surface area contributed by atoms with Crippen molar-refractivity contribution in [3.8, 4) is 22.9 Å². The Morgan fingerprint density at radius 3 is 2.71 bits per heavy atom. The minimum absolute atomic E-state index is 0.0787. The van der Waals surface area contributed by atoms with Gasteiger partial charge in [-0.1, -0.05) is 12.1 Å². The molecule has 1 aliphatic heterocycles. The molecule has 1 fully saturated rings. The summed E-state index contributed by atoms with van der Waals surface area (Å²) in [5.41, 5.74) is 4.39. The van der Waals surface area contributed by atoms with E-state index in [4.69, 9.17) is 9.84 Å². The number of aromatic amines is 1. The Hall–Kier alpha value is -4.20. The molecule has 1 aliphatic rings. The highest BCUT2D eigenvalue weighted by atomic mass is 16.5. The van der Waals surface area contributed by atoms with Crippen LogP contribution in [0.3, 0.4) is 0 Å². The molecule has 1 amide bonds. The van der Waals surface area contributed by atoms with Crippen LogP contribution < -0.4 is 4.74 Å². The second-order valence-corrected chi connectivity index (χ2v) is 8.45. The Morgan fingerprint density at radius 2 is 2.03 bits per heavy atom. The first-order chi connectivity index (χ1) is 16.5. The number of benzene rings is 2. The van der Waals surface area contributed by atoms with Crippen molar-refractivity contribution in [3.63, 3.8) is 0 Å². The summed E-state index contributed by atoms with van der Waals surface area (Å²) in [5.74, 6) is 0.629. The van der Waals surface area contributed by atoms with Gasteiger partial charge in [-0.15, -0.1) is 0 Å². The number of carboxylic acid groups (broad SMARTS) is 1. The molecule has 2 aromatic carbocycles. The smallest absolute Gasteiger partial charge is 0.303 e. The number of hydrogen-bond donors (Lipinski definition) is 2. The van der Waals surface area contributed by atoms with Crippen LogP contribution in [0.25, 0.3) is 22.3 Å². The highest BCUT2D eigenvalue weighted by Crippen LogP contribution is 2.41. The monoisotopic (exact) mass is 456 g/mol. The number of hydrogen-bond acceptors (Lipinski definition) is 5. The maximum Gasteiger partial charge on any atom is 0.303 e. The number of carbonyl (C=O) groups is 2. The van der Waals surface area contributed by atoms with Gasteiger partial charge in [-0.3, -0.25) is 19.6 Å². The van der Waals surface area contributed by atoms with Crippen molar-refractivity contribution >= 4 is 22.8 Å². The molecule has 3 heterocycles. The van der Waals surface area contributed by atoms with Crippen LogP contribution in [0.4, 0.5) is 0 Å². The molecule has 0 bridgehead atoms. The molecule has 0 saturated carbocycles. The largest absolute Gasteiger partial charge is 0.481 e. The number of carboxylic acids is 1. The van der Waals surface area contributed by atoms with E-state index < -0.39 is 5.97 Å². The van der Waals surface area contributed by atoms with Crippen molar-refractivity contribution in [3.05, 3.63) is 72.2 Å². The molecule has 34 heavy (non-hydrogen) atoms. The number of rotatable bonds is 7. The number of nitrogens with one attached hydrogen (secondary N) is 1. The average molecular weight is 457 g/mol. The predicted molar refractivity (Wildman–Crippen MR) is 127 cm³/mol. The van der Waals surface area contributed by atoms with Crippen LogP contribution in [-0.4, -0.2) is 43.9 Å². The Labute approximate surface area is 196 Å². The van der Waals surface area contributed by atoms with E-state index in [1.54, 1.807) is 23.5 Å². The first-order valence-corrected chi connectivity index (χ1v) is 11.2. The highest BCUT2D eigenvalue weighted by molar-refractivity contribution is 5.88. The van der Waals surface area contributed by atoms with Crippen molar-refractivity contribution in [2.45, 2.75) is 31.7 Å². The van der Waals surface area contributed by atoms with Crippen LogP contribution in [0.5, 0.6) is 11.5 Å². The molecule has 172 valence electrons. The van der Waals surface area contributed by atoms with Gasteiger partial charge in [0, 0.05) is 48.7 Å². The first kappa shape index (κ1) is 21.6. The summed E-state index contributed by atoms with van der Waals surface area (Å²) in [6, 6.07) is 13.4. The Kier molecular flexibility index (Phi) is 5.71. The van der Waals surface area contributed by atoms with Gasteiger partial charge in [0.1, 0.15) is 17.2 Å². The van der Waals surface area contributed by atoms with Gasteiger partial charge in [-0.05, 0) is 48.7 Å². The molecular weight excluding hydrogens is 432 g/mol. The van der Waals surface area contributed by atoms with Crippen molar-refractivity contribution < 1.29 is 19.4 Å². The predicted octanol–water partition coefficient (Wildman–Crippen LogP) is 4.73. The Balaban J connectivity index is 1.51. The third-order valence-electron chi connectivity index (χ3n) is 6.22. The number of aryl methyl sites for hydroxylation is 1. The van der Waals surface area contributed by atoms with Gasteiger partial charge in [-0.2, -0.15) is 0 Å². The summed E-state index contributed by atoms with van der Waals surface area (Å²) in [7, 11) is 1.82. The number of likely N-dealkylation sites (tertiary alicyclic amines) is 1. The standard InChI is InChI=1S/C26H24N4O4/c1-30-23(7-8-25(30)31)19-14-20-17(12-21(29-20)22-15-27-10-11-28-22)13-24(19)34-18-5-2-16(3-6-18)4-9-26(32)33/h2-3,5-6,10-15,23,29H,4,7-9H2,1H3,(H,32,33). The quantitative estimate of drug-likeness (QED) is 0.416. The van der Waals surface area contributed by atoms with Gasteiger partial charge in [0.05, 0.1) is 17.9 Å². The summed E-state index contributed by atoms with van der Waals surface area (Å²) in [6.45, 7) is 0. The fraction of sp³-hybridized carbons (Fsp3) is 0.231. The van der Waals surface area contributed by atoms with Crippen LogP contribution in [-0.2, 0) is 16.0 Å². The SMILES string of the molecule is CN1C(=O)CCC1c1cc2[nH]c(-c3cnccn3)cc2cc1Oc1ccc(CCC(=O)O)cc1. The molecule has 5 rings (SSSR count). The fourth-order valence-corrected chi connectivity index (χ4v) is 4.37. The highest BCUT2D eigenvalue weighted by Gasteiger charge is 2.31. The fourth-order valence-electron chi connectivity index (χ4n) is 4.37. The minimum Gasteiger partial charge on any atom is -0.481 e. The van der Waals surface area contributed by atoms with Crippen LogP contribution >= 0.6 is 0 Å². The molecule has 0 radical (unpaired) electrons. The molecule has 8 heteroatoms. The lowest BCUT2D eigenvalue weighted by atomic mass is 10.0. The maximum absolute atomic E-state index is 12.2. The Morgan fingerprint density at radius 1 is 1.21 bits per heavy atom. The second-order valence-electron chi connectivity index (χ2n) is 8.45. The molecule has 1 unspecified atom stereocenters. The van der Waals surface area contributed by atoms with Gasteiger partial charge >= 0.3 is 5.97 Å². The van der Waals surface area contributed by atoms with Crippen LogP contribution in [0, 0.1) is 0 Å². The summed E-state index contributed by atoms with van der Waals surface area (Å²) >= 11 is 0. The van der Waals surface area contributed by atoms with Gasteiger partial charge in [0.25, 0.3) is 0 Å². The lowest BCUT2D eigenvalue weighted by Gasteiger charge is -2.23. The number of H-pyrrole nitrogens is 1. The van der Waals surface area contributed by atoms with Crippen molar-refractivity contribution in [2.24, 2.45) is 0 Å². The van der Waals surface area contributed by atoms with E-state index in [0.717, 1.165) is 39.8 Å². The molecule has 1 saturated heterocycles. The van der Waals surface area contributed by atoms with Gasteiger partial charge < -0.3 is 19.7 Å². The molecule has 0 spiro atoms. The summed E-state index contributed by atoms with van der Waals surface area (Å²) in [4.78, 5) is 36.8. The third kappa shape index (κ3) is 4.34. The lowest BCUT2D eigenvalue weighted by Crippen LogP contribution is -2.22. The number of carbonyl (C=O) groups excluding carboxylic acids is 1. The van der Waals surface area contributed by atoms with Crippen LogP contribution in [0.1, 0.15) is 36.4 Å². The second kappa shape index (κ2) is 8.97. The van der Waals surface area contributed by atoms with Crippen molar-refractivity contribution in [1.82, 2.24) is 19.9 Å². The van der Waals surface area contributed by atoms with Gasteiger partial charge in [-0.25, -0.2) is 0 Å². The minimum atomic E-state index is -0.819. The van der Waals surface area contributed by atoms with Crippen molar-refractivity contribution in [2.75, 3.05) is 7.05 Å². The van der Waals surface area contributed by atoms with E-state index in [9.17, 15) is 9.59 Å².